The van der Waals surface area contributed by atoms with Crippen LogP contribution in [0.1, 0.15) is 43.0 Å². The number of likely N-dealkylation sites (N-methyl/N-ethyl adjacent to an activating group) is 1. The third-order valence-corrected chi connectivity index (χ3v) is 11.0. The van der Waals surface area contributed by atoms with E-state index in [0.29, 0.717) is 28.3 Å². The highest BCUT2D eigenvalue weighted by Crippen LogP contribution is 2.57. The van der Waals surface area contributed by atoms with Crippen LogP contribution in [-0.4, -0.2) is 82.6 Å². The quantitative estimate of drug-likeness (QED) is 0.292. The number of hydrogen-bond acceptors (Lipinski definition) is 7. The first-order valence-electron chi connectivity index (χ1n) is 17.2. The summed E-state index contributed by atoms with van der Waals surface area (Å²) in [6.07, 6.45) is 5.99. The van der Waals surface area contributed by atoms with Gasteiger partial charge in [-0.1, -0.05) is 109 Å². The van der Waals surface area contributed by atoms with E-state index in [9.17, 15) is 19.5 Å². The van der Waals surface area contributed by atoms with Crippen molar-refractivity contribution in [2.75, 3.05) is 25.1 Å². The van der Waals surface area contributed by atoms with E-state index < -0.39 is 72.2 Å². The van der Waals surface area contributed by atoms with Gasteiger partial charge in [0.1, 0.15) is 23.7 Å². The van der Waals surface area contributed by atoms with Gasteiger partial charge in [-0.3, -0.25) is 19.2 Å². The van der Waals surface area contributed by atoms with E-state index in [1.54, 1.807) is 78.7 Å². The molecule has 5 bridgehead atoms. The highest BCUT2D eigenvalue weighted by atomic mass is 35.5. The summed E-state index contributed by atoms with van der Waals surface area (Å²) in [6.45, 7) is 1.42. The fraction of sp³-hybridized carbons (Fsp3) is 0.350. The topological polar surface area (TPSA) is 117 Å². The molecular formula is C40H40ClN3O7. The monoisotopic (exact) mass is 709 g/mol. The SMILES string of the molecule is C[C@H]1[C@H](c2ccccc2)OC(=O)[C@@H]2[C@H]3C(=O)N([C@H](CO)c4ccccc4)[C@H](C(=O)N(c4ccccc4Cl)C/C=C\CCC(=O)N1C)[C@]31C=C[C@H]2O1. The van der Waals surface area contributed by atoms with Crippen LogP contribution in [0.3, 0.4) is 0 Å². The fourth-order valence-electron chi connectivity index (χ4n) is 8.05. The largest absolute Gasteiger partial charge is 0.455 e. The summed E-state index contributed by atoms with van der Waals surface area (Å²) >= 11 is 6.70. The van der Waals surface area contributed by atoms with Crippen molar-refractivity contribution in [2.24, 2.45) is 11.8 Å². The van der Waals surface area contributed by atoms with Gasteiger partial charge < -0.3 is 29.3 Å². The molecular weight excluding hydrogens is 670 g/mol. The number of nitrogens with zero attached hydrogens (tertiary/aromatic N) is 3. The van der Waals surface area contributed by atoms with Crippen LogP contribution in [0.25, 0.3) is 0 Å². The number of anilines is 1. The second kappa shape index (κ2) is 14.1. The van der Waals surface area contributed by atoms with Crippen LogP contribution in [0.4, 0.5) is 5.69 Å². The third kappa shape index (κ3) is 5.95. The number of halogens is 1. The van der Waals surface area contributed by atoms with E-state index >= 15 is 4.79 Å². The van der Waals surface area contributed by atoms with Crippen molar-refractivity contribution >= 4 is 41.0 Å². The maximum Gasteiger partial charge on any atom is 0.313 e. The molecule has 1 spiro atoms. The Kier molecular flexibility index (Phi) is 9.58. The standard InChI is InChI=1S/C40H40ClN3O7/c1-25-35(27-16-8-4-9-17-27)50-39(49)33-31-21-22-40(51-31)34(33)37(47)44(30(24-45)26-14-6-3-7-15-26)36(40)38(48)43(29-19-12-11-18-28(29)41)23-13-5-10-20-32(46)42(25)2/h3-9,11-19,21-22,25,30-31,33-36,45H,10,20,23-24H2,1-2H3/b13-5-/t25-,30+,31+,33-,34-,35+,36+,40-/m0/s1. The van der Waals surface area contributed by atoms with Crippen LogP contribution in [0.5, 0.6) is 0 Å². The molecule has 264 valence electrons. The number of aliphatic hydroxyl groups excluding tert-OH is 1. The third-order valence-electron chi connectivity index (χ3n) is 10.7. The summed E-state index contributed by atoms with van der Waals surface area (Å²) in [5, 5.41) is 11.2. The first-order valence-corrected chi connectivity index (χ1v) is 17.6. The molecule has 2 fully saturated rings. The van der Waals surface area contributed by atoms with Gasteiger partial charge in [0.2, 0.25) is 11.8 Å². The lowest BCUT2D eigenvalue weighted by molar-refractivity contribution is -0.164. The molecule has 4 aliphatic heterocycles. The molecule has 2 saturated heterocycles. The van der Waals surface area contributed by atoms with Crippen molar-refractivity contribution in [3.8, 4) is 0 Å². The Labute approximate surface area is 301 Å². The Bertz CT molecular complexity index is 1870. The summed E-state index contributed by atoms with van der Waals surface area (Å²) in [5.41, 5.74) is 0.194. The number of ether oxygens (including phenoxy) is 2. The smallest absolute Gasteiger partial charge is 0.313 e. The number of esters is 1. The van der Waals surface area contributed by atoms with E-state index in [0.717, 1.165) is 0 Å². The molecule has 3 aromatic rings. The number of fused-ring (bicyclic) bond motifs is 2. The molecule has 11 heteroatoms. The molecule has 0 saturated carbocycles. The number of carbonyl (C=O) groups is 4. The minimum atomic E-state index is -1.54. The highest BCUT2D eigenvalue weighted by Gasteiger charge is 2.74. The fourth-order valence-corrected chi connectivity index (χ4v) is 8.29. The van der Waals surface area contributed by atoms with Crippen molar-refractivity contribution in [3.05, 3.63) is 125 Å². The van der Waals surface area contributed by atoms with Crippen molar-refractivity contribution < 1.29 is 33.8 Å². The van der Waals surface area contributed by atoms with Crippen LogP contribution < -0.4 is 4.90 Å². The van der Waals surface area contributed by atoms with E-state index in [4.69, 9.17) is 21.1 Å². The van der Waals surface area contributed by atoms with E-state index in [1.807, 2.05) is 49.4 Å². The Morgan fingerprint density at radius 1 is 0.922 bits per heavy atom. The normalized spacial score (nSPS) is 30.8. The molecule has 0 aromatic heterocycles. The second-order valence-electron chi connectivity index (χ2n) is 13.5. The van der Waals surface area contributed by atoms with Crippen molar-refractivity contribution in [2.45, 2.75) is 55.7 Å². The van der Waals surface area contributed by atoms with Gasteiger partial charge in [-0.25, -0.2) is 0 Å². The van der Waals surface area contributed by atoms with Crippen molar-refractivity contribution in [1.29, 1.82) is 0 Å². The maximum absolute atomic E-state index is 15.2. The molecule has 0 radical (unpaired) electrons. The van der Waals surface area contributed by atoms with Crippen LogP contribution in [0.2, 0.25) is 5.02 Å². The maximum atomic E-state index is 15.2. The minimum absolute atomic E-state index is 0.0755. The molecule has 3 aromatic carbocycles. The number of benzene rings is 3. The molecule has 8 atom stereocenters. The van der Waals surface area contributed by atoms with Crippen LogP contribution >= 0.6 is 11.6 Å². The number of cyclic esters (lactones) is 1. The molecule has 4 heterocycles. The minimum Gasteiger partial charge on any atom is -0.455 e. The summed E-state index contributed by atoms with van der Waals surface area (Å²) in [5.74, 6) is -4.03. The molecule has 7 rings (SSSR count). The van der Waals surface area contributed by atoms with Crippen molar-refractivity contribution in [1.82, 2.24) is 9.80 Å². The summed E-state index contributed by atoms with van der Waals surface area (Å²) in [6, 6.07) is 22.4. The molecule has 4 aliphatic rings. The van der Waals surface area contributed by atoms with E-state index in [1.165, 1.54) is 9.80 Å². The average molecular weight is 710 g/mol. The van der Waals surface area contributed by atoms with E-state index in [2.05, 4.69) is 0 Å². The van der Waals surface area contributed by atoms with Gasteiger partial charge in [-0.15, -0.1) is 0 Å². The first-order chi connectivity index (χ1) is 24.7. The lowest BCUT2D eigenvalue weighted by atomic mass is 9.74. The van der Waals surface area contributed by atoms with E-state index in [-0.39, 0.29) is 18.9 Å². The predicted molar refractivity (Wildman–Crippen MR) is 190 cm³/mol. The highest BCUT2D eigenvalue weighted by molar-refractivity contribution is 6.34. The van der Waals surface area contributed by atoms with Crippen molar-refractivity contribution in [3.63, 3.8) is 0 Å². The van der Waals surface area contributed by atoms with Crippen LogP contribution in [-0.2, 0) is 28.7 Å². The number of aliphatic hydroxyl groups is 1. The van der Waals surface area contributed by atoms with Crippen LogP contribution in [0, 0.1) is 11.8 Å². The Balaban J connectivity index is 1.38. The first kappa shape index (κ1) is 34.7. The van der Waals surface area contributed by atoms with Gasteiger partial charge in [0.15, 0.2) is 0 Å². The van der Waals surface area contributed by atoms with Gasteiger partial charge >= 0.3 is 5.97 Å². The zero-order chi connectivity index (χ0) is 35.9. The zero-order valence-corrected chi connectivity index (χ0v) is 29.1. The van der Waals surface area contributed by atoms with Crippen LogP contribution in [0.15, 0.2) is 109 Å². The molecule has 3 amide bonds. The number of amides is 3. The van der Waals surface area contributed by atoms with Gasteiger partial charge in [0.05, 0.1) is 41.4 Å². The number of allylic oxidation sites excluding steroid dienone is 1. The number of likely N-dealkylation sites (tertiary alicyclic amines) is 1. The number of rotatable bonds is 5. The van der Waals surface area contributed by atoms with Gasteiger partial charge in [-0.2, -0.15) is 0 Å². The summed E-state index contributed by atoms with van der Waals surface area (Å²) in [4.78, 5) is 62.5. The number of hydrogen-bond donors (Lipinski definition) is 1. The molecule has 51 heavy (non-hydrogen) atoms. The predicted octanol–water partition coefficient (Wildman–Crippen LogP) is 5.04. The number of carbonyl (C=O) groups excluding carboxylic acids is 4. The van der Waals surface area contributed by atoms with Gasteiger partial charge in [-0.05, 0) is 36.6 Å². The summed E-state index contributed by atoms with van der Waals surface area (Å²) < 4.78 is 12.9. The second-order valence-corrected chi connectivity index (χ2v) is 13.9. The molecule has 10 nitrogen and oxygen atoms in total. The van der Waals surface area contributed by atoms with Gasteiger partial charge in [0, 0.05) is 20.0 Å². The number of para-hydroxylation sites is 1. The lowest BCUT2D eigenvalue weighted by Gasteiger charge is -2.39. The average Bonchev–Trinajstić information content (AvgIpc) is 3.80. The molecule has 0 unspecified atom stereocenters. The van der Waals surface area contributed by atoms with Gasteiger partial charge in [0.25, 0.3) is 5.91 Å². The molecule has 1 N–H and O–H groups in total. The lowest BCUT2D eigenvalue weighted by Crippen LogP contribution is -2.57. The Morgan fingerprint density at radius 2 is 1.61 bits per heavy atom. The summed E-state index contributed by atoms with van der Waals surface area (Å²) in [7, 11) is 1.69. The zero-order valence-electron chi connectivity index (χ0n) is 28.4. The Morgan fingerprint density at radius 3 is 2.31 bits per heavy atom. The molecule has 0 aliphatic carbocycles. The Hall–Kier alpha value is -4.77.